The summed E-state index contributed by atoms with van der Waals surface area (Å²) in [6.45, 7) is 1.83. The minimum Gasteiger partial charge on any atom is -0.345 e. The van der Waals surface area contributed by atoms with Crippen LogP contribution >= 0.6 is 0 Å². The van der Waals surface area contributed by atoms with Crippen LogP contribution in [-0.4, -0.2) is 20.4 Å². The lowest BCUT2D eigenvalue weighted by Crippen LogP contribution is -2.27. The van der Waals surface area contributed by atoms with Crippen molar-refractivity contribution in [3.05, 3.63) is 88.5 Å². The van der Waals surface area contributed by atoms with E-state index in [4.69, 9.17) is 0 Å². The fraction of sp³-hybridized carbons (Fsp3) is 0.111. The number of nitro benzene ring substituents is 1. The van der Waals surface area contributed by atoms with Gasteiger partial charge in [0.2, 0.25) is 0 Å². The van der Waals surface area contributed by atoms with Crippen molar-refractivity contribution in [1.29, 1.82) is 0 Å². The normalized spacial score (nSPS) is 11.7. The summed E-state index contributed by atoms with van der Waals surface area (Å²) in [5.41, 5.74) is 1.70. The van der Waals surface area contributed by atoms with Crippen molar-refractivity contribution >= 4 is 11.6 Å². The third-order valence-electron chi connectivity index (χ3n) is 3.89. The van der Waals surface area contributed by atoms with Crippen LogP contribution in [0.4, 0.5) is 5.69 Å². The van der Waals surface area contributed by atoms with Gasteiger partial charge in [0.1, 0.15) is 5.56 Å². The zero-order chi connectivity index (χ0) is 17.8. The highest BCUT2D eigenvalue weighted by atomic mass is 16.6. The fourth-order valence-electron chi connectivity index (χ4n) is 2.53. The van der Waals surface area contributed by atoms with Crippen molar-refractivity contribution in [1.82, 2.24) is 14.9 Å². The van der Waals surface area contributed by atoms with Gasteiger partial charge in [-0.2, -0.15) is 0 Å². The first kappa shape index (κ1) is 16.4. The van der Waals surface area contributed by atoms with Gasteiger partial charge < -0.3 is 9.88 Å². The van der Waals surface area contributed by atoms with Crippen LogP contribution in [0.15, 0.2) is 67.3 Å². The Morgan fingerprint density at radius 3 is 2.56 bits per heavy atom. The molecule has 0 radical (unpaired) electrons. The van der Waals surface area contributed by atoms with Crippen molar-refractivity contribution in [3.63, 3.8) is 0 Å². The van der Waals surface area contributed by atoms with Crippen LogP contribution in [0.3, 0.4) is 0 Å². The zero-order valence-electron chi connectivity index (χ0n) is 13.5. The van der Waals surface area contributed by atoms with E-state index in [1.807, 2.05) is 42.0 Å². The van der Waals surface area contributed by atoms with E-state index in [1.165, 1.54) is 18.2 Å². The fourth-order valence-corrected chi connectivity index (χ4v) is 2.53. The molecule has 0 fully saturated rings. The lowest BCUT2D eigenvalue weighted by Gasteiger charge is -2.15. The molecule has 0 saturated carbocycles. The number of nitro groups is 1. The number of amides is 1. The molecule has 25 heavy (non-hydrogen) atoms. The summed E-state index contributed by atoms with van der Waals surface area (Å²) in [7, 11) is 0. The Labute approximate surface area is 144 Å². The predicted octanol–water partition coefficient (Wildman–Crippen LogP) is 3.27. The number of nitrogens with zero attached hydrogens (tertiary/aromatic N) is 3. The SMILES string of the molecule is CC(NC(=O)c1ccccc1[N+](=O)[O-])c1ccc(-n2ccnc2)cc1. The maximum atomic E-state index is 12.4. The Balaban J connectivity index is 1.75. The molecule has 7 nitrogen and oxygen atoms in total. The van der Waals surface area contributed by atoms with E-state index in [-0.39, 0.29) is 17.3 Å². The molecular weight excluding hydrogens is 320 g/mol. The number of rotatable bonds is 5. The minimum atomic E-state index is -0.556. The van der Waals surface area contributed by atoms with E-state index in [9.17, 15) is 14.9 Å². The second kappa shape index (κ2) is 6.96. The van der Waals surface area contributed by atoms with Crippen LogP contribution in [0.2, 0.25) is 0 Å². The summed E-state index contributed by atoms with van der Waals surface area (Å²) < 4.78 is 1.88. The number of benzene rings is 2. The van der Waals surface area contributed by atoms with Crippen LogP contribution in [0.25, 0.3) is 5.69 Å². The Kier molecular flexibility index (Phi) is 4.56. The van der Waals surface area contributed by atoms with Crippen LogP contribution < -0.4 is 5.32 Å². The molecule has 2 aromatic carbocycles. The number of carbonyl (C=O) groups excluding carboxylic acids is 1. The summed E-state index contributed by atoms with van der Waals surface area (Å²) in [5, 5.41) is 13.8. The molecular formula is C18H16N4O3. The van der Waals surface area contributed by atoms with Crippen molar-refractivity contribution in [2.24, 2.45) is 0 Å². The average Bonchev–Trinajstić information content (AvgIpc) is 3.16. The summed E-state index contributed by atoms with van der Waals surface area (Å²) in [6, 6.07) is 13.3. The van der Waals surface area contributed by atoms with Gasteiger partial charge in [0.15, 0.2) is 0 Å². The first-order valence-corrected chi connectivity index (χ1v) is 7.69. The van der Waals surface area contributed by atoms with Crippen molar-refractivity contribution in [2.45, 2.75) is 13.0 Å². The highest BCUT2D eigenvalue weighted by Crippen LogP contribution is 2.20. The third kappa shape index (κ3) is 3.55. The zero-order valence-corrected chi connectivity index (χ0v) is 13.5. The van der Waals surface area contributed by atoms with Gasteiger partial charge in [-0.15, -0.1) is 0 Å². The predicted molar refractivity (Wildman–Crippen MR) is 92.5 cm³/mol. The number of hydrogen-bond acceptors (Lipinski definition) is 4. The molecule has 1 atom stereocenters. The Bertz CT molecular complexity index is 889. The van der Waals surface area contributed by atoms with Gasteiger partial charge in [-0.05, 0) is 30.7 Å². The topological polar surface area (TPSA) is 90.1 Å². The Hall–Kier alpha value is -3.48. The first-order chi connectivity index (χ1) is 12.1. The standard InChI is InChI=1S/C18H16N4O3/c1-13(14-6-8-15(9-7-14)21-11-10-19-12-21)20-18(23)16-4-2-3-5-17(16)22(24)25/h2-13H,1H3,(H,20,23). The molecule has 7 heteroatoms. The molecule has 1 N–H and O–H groups in total. The van der Waals surface area contributed by atoms with E-state index >= 15 is 0 Å². The van der Waals surface area contributed by atoms with Gasteiger partial charge in [0.05, 0.1) is 17.3 Å². The van der Waals surface area contributed by atoms with Crippen LogP contribution in [0, 0.1) is 10.1 Å². The molecule has 3 rings (SSSR count). The lowest BCUT2D eigenvalue weighted by atomic mass is 10.1. The molecule has 0 saturated heterocycles. The highest BCUT2D eigenvalue weighted by Gasteiger charge is 2.20. The molecule has 1 aromatic heterocycles. The monoisotopic (exact) mass is 336 g/mol. The number of imidazole rings is 1. The molecule has 0 aliphatic carbocycles. The third-order valence-corrected chi connectivity index (χ3v) is 3.89. The molecule has 0 bridgehead atoms. The molecule has 0 aliphatic heterocycles. The second-order valence-corrected chi connectivity index (χ2v) is 5.53. The van der Waals surface area contributed by atoms with E-state index in [0.29, 0.717) is 0 Å². The van der Waals surface area contributed by atoms with Crippen LogP contribution in [0.1, 0.15) is 28.9 Å². The van der Waals surface area contributed by atoms with Gasteiger partial charge in [-0.3, -0.25) is 14.9 Å². The lowest BCUT2D eigenvalue weighted by molar-refractivity contribution is -0.385. The number of para-hydroxylation sites is 1. The van der Waals surface area contributed by atoms with E-state index in [2.05, 4.69) is 10.3 Å². The first-order valence-electron chi connectivity index (χ1n) is 7.69. The van der Waals surface area contributed by atoms with Gasteiger partial charge in [0, 0.05) is 24.1 Å². The number of aromatic nitrogens is 2. The Morgan fingerprint density at radius 1 is 1.20 bits per heavy atom. The van der Waals surface area contributed by atoms with E-state index < -0.39 is 10.8 Å². The second-order valence-electron chi connectivity index (χ2n) is 5.53. The van der Waals surface area contributed by atoms with Gasteiger partial charge >= 0.3 is 0 Å². The maximum absolute atomic E-state index is 12.4. The van der Waals surface area contributed by atoms with Gasteiger partial charge in [-0.1, -0.05) is 24.3 Å². The van der Waals surface area contributed by atoms with E-state index in [0.717, 1.165) is 11.3 Å². The average molecular weight is 336 g/mol. The van der Waals surface area contributed by atoms with Crippen LogP contribution in [-0.2, 0) is 0 Å². The number of carbonyl (C=O) groups is 1. The summed E-state index contributed by atoms with van der Waals surface area (Å²) >= 11 is 0. The van der Waals surface area contributed by atoms with Crippen LogP contribution in [0.5, 0.6) is 0 Å². The molecule has 0 spiro atoms. The number of nitrogens with one attached hydrogen (secondary N) is 1. The molecule has 126 valence electrons. The molecule has 1 amide bonds. The summed E-state index contributed by atoms with van der Waals surface area (Å²) in [6.07, 6.45) is 5.24. The quantitative estimate of drug-likeness (QED) is 0.572. The van der Waals surface area contributed by atoms with E-state index in [1.54, 1.807) is 18.6 Å². The minimum absolute atomic E-state index is 0.0504. The van der Waals surface area contributed by atoms with Gasteiger partial charge in [-0.25, -0.2) is 4.98 Å². The molecule has 1 unspecified atom stereocenters. The molecule has 1 heterocycles. The molecule has 3 aromatic rings. The number of hydrogen-bond donors (Lipinski definition) is 1. The summed E-state index contributed by atoms with van der Waals surface area (Å²) in [4.78, 5) is 26.9. The Morgan fingerprint density at radius 2 is 1.92 bits per heavy atom. The highest BCUT2D eigenvalue weighted by molar-refractivity contribution is 5.98. The van der Waals surface area contributed by atoms with Crippen molar-refractivity contribution < 1.29 is 9.72 Å². The largest absolute Gasteiger partial charge is 0.345 e. The smallest absolute Gasteiger partial charge is 0.282 e. The van der Waals surface area contributed by atoms with Crippen molar-refractivity contribution in [3.8, 4) is 5.69 Å². The maximum Gasteiger partial charge on any atom is 0.282 e. The van der Waals surface area contributed by atoms with Crippen molar-refractivity contribution in [2.75, 3.05) is 0 Å². The van der Waals surface area contributed by atoms with Gasteiger partial charge in [0.25, 0.3) is 11.6 Å². The summed E-state index contributed by atoms with van der Waals surface area (Å²) in [5.74, 6) is -0.474. The molecule has 0 aliphatic rings.